The molecule has 1 aliphatic carbocycles. The lowest BCUT2D eigenvalue weighted by atomic mass is 9.73. The summed E-state index contributed by atoms with van der Waals surface area (Å²) in [6, 6.07) is 0. The van der Waals surface area contributed by atoms with E-state index in [1.165, 1.54) is 25.7 Å². The Hall–Kier alpha value is -0.0800. The molecule has 13 heavy (non-hydrogen) atoms. The largest absolute Gasteiger partial charge is 0.384 e. The van der Waals surface area contributed by atoms with Crippen LogP contribution in [0, 0.1) is 17.8 Å². The first-order valence-electron chi connectivity index (χ1n) is 5.50. The standard InChI is InChI=1S/C11H23NO/c1-3-9-4-5-10(7-12)11(6-9)8-13-2/h9-11H,3-8,12H2,1-2H3. The van der Waals surface area contributed by atoms with Gasteiger partial charge in [-0.3, -0.25) is 0 Å². The van der Waals surface area contributed by atoms with Crippen LogP contribution >= 0.6 is 0 Å². The van der Waals surface area contributed by atoms with Gasteiger partial charge in [0, 0.05) is 13.7 Å². The molecule has 2 N–H and O–H groups in total. The van der Waals surface area contributed by atoms with Gasteiger partial charge in [-0.05, 0) is 37.1 Å². The summed E-state index contributed by atoms with van der Waals surface area (Å²) in [5, 5.41) is 0. The van der Waals surface area contributed by atoms with Gasteiger partial charge in [-0.15, -0.1) is 0 Å². The molecular formula is C11H23NO. The van der Waals surface area contributed by atoms with Crippen LogP contribution in [-0.4, -0.2) is 20.3 Å². The van der Waals surface area contributed by atoms with E-state index in [-0.39, 0.29) is 0 Å². The predicted octanol–water partition coefficient (Wildman–Crippen LogP) is 2.03. The molecular weight excluding hydrogens is 162 g/mol. The summed E-state index contributed by atoms with van der Waals surface area (Å²) in [4.78, 5) is 0. The number of hydrogen-bond acceptors (Lipinski definition) is 2. The van der Waals surface area contributed by atoms with Gasteiger partial charge < -0.3 is 10.5 Å². The average Bonchev–Trinajstić information content (AvgIpc) is 2.18. The monoisotopic (exact) mass is 185 g/mol. The SMILES string of the molecule is CCC1CCC(CN)C(COC)C1. The van der Waals surface area contributed by atoms with Gasteiger partial charge in [-0.2, -0.15) is 0 Å². The summed E-state index contributed by atoms with van der Waals surface area (Å²) in [5.74, 6) is 2.35. The van der Waals surface area contributed by atoms with Crippen molar-refractivity contribution in [1.29, 1.82) is 0 Å². The van der Waals surface area contributed by atoms with Crippen molar-refractivity contribution in [2.24, 2.45) is 23.5 Å². The van der Waals surface area contributed by atoms with E-state index in [1.807, 2.05) is 0 Å². The third kappa shape index (κ3) is 2.96. The van der Waals surface area contributed by atoms with Gasteiger partial charge in [0.1, 0.15) is 0 Å². The van der Waals surface area contributed by atoms with Crippen LogP contribution in [0.4, 0.5) is 0 Å². The first-order chi connectivity index (χ1) is 6.31. The van der Waals surface area contributed by atoms with E-state index in [2.05, 4.69) is 6.92 Å². The molecule has 1 fully saturated rings. The highest BCUT2D eigenvalue weighted by Gasteiger charge is 2.28. The maximum atomic E-state index is 5.76. The molecule has 0 saturated heterocycles. The maximum Gasteiger partial charge on any atom is 0.0493 e. The van der Waals surface area contributed by atoms with E-state index in [1.54, 1.807) is 7.11 Å². The number of rotatable bonds is 4. The Kier molecular flexibility index (Phi) is 4.74. The Morgan fingerprint density at radius 1 is 1.31 bits per heavy atom. The van der Waals surface area contributed by atoms with Gasteiger partial charge in [-0.1, -0.05) is 19.8 Å². The van der Waals surface area contributed by atoms with Crippen LogP contribution in [0.25, 0.3) is 0 Å². The van der Waals surface area contributed by atoms with Gasteiger partial charge in [0.2, 0.25) is 0 Å². The fraction of sp³-hybridized carbons (Fsp3) is 1.00. The minimum Gasteiger partial charge on any atom is -0.384 e. The average molecular weight is 185 g/mol. The van der Waals surface area contributed by atoms with Gasteiger partial charge in [0.15, 0.2) is 0 Å². The molecule has 78 valence electrons. The van der Waals surface area contributed by atoms with E-state index >= 15 is 0 Å². The fourth-order valence-corrected chi connectivity index (χ4v) is 2.52. The normalized spacial score (nSPS) is 34.8. The maximum absolute atomic E-state index is 5.76. The molecule has 2 heteroatoms. The van der Waals surface area contributed by atoms with Crippen molar-refractivity contribution in [2.45, 2.75) is 32.6 Å². The fourth-order valence-electron chi connectivity index (χ4n) is 2.52. The van der Waals surface area contributed by atoms with Crippen LogP contribution < -0.4 is 5.73 Å². The van der Waals surface area contributed by atoms with Crippen molar-refractivity contribution in [3.63, 3.8) is 0 Å². The van der Waals surface area contributed by atoms with Crippen LogP contribution in [0.5, 0.6) is 0 Å². The number of methoxy groups -OCH3 is 1. The minimum absolute atomic E-state index is 0.711. The molecule has 0 heterocycles. The van der Waals surface area contributed by atoms with Gasteiger partial charge >= 0.3 is 0 Å². The van der Waals surface area contributed by atoms with E-state index in [4.69, 9.17) is 10.5 Å². The Morgan fingerprint density at radius 3 is 2.62 bits per heavy atom. The molecule has 3 atom stereocenters. The predicted molar refractivity (Wildman–Crippen MR) is 55.5 cm³/mol. The first-order valence-corrected chi connectivity index (χ1v) is 5.50. The molecule has 0 amide bonds. The quantitative estimate of drug-likeness (QED) is 0.727. The highest BCUT2D eigenvalue weighted by Crippen LogP contribution is 2.34. The van der Waals surface area contributed by atoms with Crippen molar-refractivity contribution >= 4 is 0 Å². The molecule has 0 bridgehead atoms. The van der Waals surface area contributed by atoms with Crippen molar-refractivity contribution in [2.75, 3.05) is 20.3 Å². The molecule has 2 nitrogen and oxygen atoms in total. The first kappa shape index (κ1) is 11.0. The molecule has 0 aromatic carbocycles. The van der Waals surface area contributed by atoms with Crippen LogP contribution in [0.3, 0.4) is 0 Å². The highest BCUT2D eigenvalue weighted by molar-refractivity contribution is 4.80. The summed E-state index contributed by atoms with van der Waals surface area (Å²) in [5.41, 5.74) is 5.76. The minimum atomic E-state index is 0.711. The molecule has 0 aromatic heterocycles. The van der Waals surface area contributed by atoms with E-state index < -0.39 is 0 Å². The lowest BCUT2D eigenvalue weighted by Crippen LogP contribution is -2.32. The second-order valence-electron chi connectivity index (χ2n) is 4.30. The van der Waals surface area contributed by atoms with Crippen LogP contribution in [-0.2, 0) is 4.74 Å². The van der Waals surface area contributed by atoms with Gasteiger partial charge in [-0.25, -0.2) is 0 Å². The number of hydrogen-bond donors (Lipinski definition) is 1. The van der Waals surface area contributed by atoms with Crippen molar-refractivity contribution in [3.8, 4) is 0 Å². The van der Waals surface area contributed by atoms with Crippen molar-refractivity contribution < 1.29 is 4.74 Å². The lowest BCUT2D eigenvalue weighted by Gasteiger charge is -2.34. The lowest BCUT2D eigenvalue weighted by molar-refractivity contribution is 0.0759. The second kappa shape index (κ2) is 5.61. The summed E-state index contributed by atoms with van der Waals surface area (Å²) >= 11 is 0. The van der Waals surface area contributed by atoms with E-state index in [0.717, 1.165) is 19.1 Å². The Balaban J connectivity index is 2.42. The van der Waals surface area contributed by atoms with Crippen LogP contribution in [0.1, 0.15) is 32.6 Å². The Labute approximate surface area is 81.8 Å². The zero-order chi connectivity index (χ0) is 9.68. The summed E-state index contributed by atoms with van der Waals surface area (Å²) in [6.07, 6.45) is 5.32. The highest BCUT2D eigenvalue weighted by atomic mass is 16.5. The van der Waals surface area contributed by atoms with Crippen molar-refractivity contribution in [1.82, 2.24) is 0 Å². The Morgan fingerprint density at radius 2 is 2.08 bits per heavy atom. The molecule has 0 spiro atoms. The van der Waals surface area contributed by atoms with Crippen LogP contribution in [0.15, 0.2) is 0 Å². The van der Waals surface area contributed by atoms with Gasteiger partial charge in [0.25, 0.3) is 0 Å². The Bertz CT molecular complexity index is 138. The van der Waals surface area contributed by atoms with Gasteiger partial charge in [0.05, 0.1) is 0 Å². The van der Waals surface area contributed by atoms with Crippen LogP contribution in [0.2, 0.25) is 0 Å². The molecule has 0 aromatic rings. The zero-order valence-electron chi connectivity index (χ0n) is 8.96. The molecule has 1 rings (SSSR count). The second-order valence-corrected chi connectivity index (χ2v) is 4.30. The summed E-state index contributed by atoms with van der Waals surface area (Å²) < 4.78 is 5.25. The smallest absolute Gasteiger partial charge is 0.0493 e. The molecule has 1 aliphatic rings. The number of nitrogens with two attached hydrogens (primary N) is 1. The molecule has 0 aliphatic heterocycles. The topological polar surface area (TPSA) is 35.2 Å². The summed E-state index contributed by atoms with van der Waals surface area (Å²) in [7, 11) is 1.79. The number of ether oxygens (including phenoxy) is 1. The molecule has 1 saturated carbocycles. The van der Waals surface area contributed by atoms with E-state index in [0.29, 0.717) is 11.8 Å². The molecule has 0 radical (unpaired) electrons. The third-order valence-electron chi connectivity index (χ3n) is 3.51. The third-order valence-corrected chi connectivity index (χ3v) is 3.51. The van der Waals surface area contributed by atoms with E-state index in [9.17, 15) is 0 Å². The molecule has 3 unspecified atom stereocenters. The summed E-state index contributed by atoms with van der Waals surface area (Å²) in [6.45, 7) is 4.03. The zero-order valence-corrected chi connectivity index (χ0v) is 8.96. The van der Waals surface area contributed by atoms with Crippen molar-refractivity contribution in [3.05, 3.63) is 0 Å².